The van der Waals surface area contributed by atoms with E-state index in [1.165, 1.54) is 6.07 Å². The van der Waals surface area contributed by atoms with Crippen LogP contribution in [-0.2, 0) is 4.79 Å². The molecule has 0 aromatic heterocycles. The largest absolute Gasteiger partial charge is 0.434 e. The molecule has 2 rings (SSSR count). The average Bonchev–Trinajstić information content (AvgIpc) is 2.46. The maximum absolute atomic E-state index is 12.6. The van der Waals surface area contributed by atoms with Gasteiger partial charge in [-0.15, -0.1) is 0 Å². The second kappa shape index (κ2) is 7.25. The lowest BCUT2D eigenvalue weighted by Crippen LogP contribution is -2.53. The van der Waals surface area contributed by atoms with Gasteiger partial charge in [-0.1, -0.05) is 31.0 Å². The molecule has 1 aromatic carbocycles. The number of amides is 1. The number of carbonyl (C=O) groups excluding carboxylic acids is 1. The van der Waals surface area contributed by atoms with Gasteiger partial charge < -0.3 is 15.8 Å². The van der Waals surface area contributed by atoms with Crippen molar-refractivity contribution in [3.05, 3.63) is 29.8 Å². The zero-order valence-corrected chi connectivity index (χ0v) is 13.5. The van der Waals surface area contributed by atoms with Crippen LogP contribution in [0.4, 0.5) is 8.78 Å². The normalized spacial score (nSPS) is 25.9. The van der Waals surface area contributed by atoms with E-state index in [1.54, 1.807) is 25.1 Å². The Morgan fingerprint density at radius 3 is 2.74 bits per heavy atom. The number of rotatable bonds is 5. The molecule has 1 saturated carbocycles. The van der Waals surface area contributed by atoms with E-state index in [1.807, 2.05) is 6.92 Å². The van der Waals surface area contributed by atoms with Crippen LogP contribution >= 0.6 is 0 Å². The second-order valence-electron chi connectivity index (χ2n) is 6.45. The summed E-state index contributed by atoms with van der Waals surface area (Å²) in [5, 5.41) is 2.89. The van der Waals surface area contributed by atoms with Crippen molar-refractivity contribution in [3.8, 4) is 5.75 Å². The molecule has 1 amide bonds. The first-order chi connectivity index (χ1) is 10.8. The number of hydrogen-bond donors (Lipinski definition) is 2. The van der Waals surface area contributed by atoms with Gasteiger partial charge in [-0.05, 0) is 32.8 Å². The molecule has 3 N–H and O–H groups in total. The summed E-state index contributed by atoms with van der Waals surface area (Å²) in [7, 11) is 0. The van der Waals surface area contributed by atoms with Gasteiger partial charge in [-0.3, -0.25) is 4.79 Å². The molecule has 23 heavy (non-hydrogen) atoms. The van der Waals surface area contributed by atoms with Gasteiger partial charge in [0.25, 0.3) is 0 Å². The molecule has 3 atom stereocenters. The third kappa shape index (κ3) is 4.41. The van der Waals surface area contributed by atoms with Gasteiger partial charge in [-0.2, -0.15) is 8.78 Å². The molecule has 1 aromatic rings. The fraction of sp³-hybridized carbons (Fsp3) is 0.588. The molecule has 0 heterocycles. The molecule has 0 radical (unpaired) electrons. The molecule has 1 aliphatic rings. The number of halogens is 2. The van der Waals surface area contributed by atoms with Crippen LogP contribution in [0.2, 0.25) is 0 Å². The quantitative estimate of drug-likeness (QED) is 0.872. The molecule has 0 saturated heterocycles. The molecule has 4 nitrogen and oxygen atoms in total. The van der Waals surface area contributed by atoms with Crippen LogP contribution in [0.15, 0.2) is 24.3 Å². The van der Waals surface area contributed by atoms with Gasteiger partial charge in [0.15, 0.2) is 0 Å². The minimum atomic E-state index is -2.90. The van der Waals surface area contributed by atoms with Crippen LogP contribution in [-0.4, -0.2) is 18.1 Å². The Labute approximate surface area is 135 Å². The summed E-state index contributed by atoms with van der Waals surface area (Å²) in [5.74, 6) is -0.314. The standard InChI is InChI=1S/C17H24F2N2O2/c1-11(12-7-3-4-9-14(12)23-16(18)19)21-15(22)13-8-5-6-10-17(13,2)20/h3-4,7,9,11,13,16H,5-6,8,10,20H2,1-2H3,(H,21,22). The maximum Gasteiger partial charge on any atom is 0.387 e. The lowest BCUT2D eigenvalue weighted by atomic mass is 9.74. The van der Waals surface area contributed by atoms with E-state index in [9.17, 15) is 13.6 Å². The summed E-state index contributed by atoms with van der Waals surface area (Å²) in [5.41, 5.74) is 6.25. The summed E-state index contributed by atoms with van der Waals surface area (Å²) in [6, 6.07) is 6.05. The highest BCUT2D eigenvalue weighted by molar-refractivity contribution is 5.80. The lowest BCUT2D eigenvalue weighted by molar-refractivity contribution is -0.128. The zero-order chi connectivity index (χ0) is 17.0. The van der Waals surface area contributed by atoms with Crippen LogP contribution in [0, 0.1) is 5.92 Å². The Kier molecular flexibility index (Phi) is 5.57. The number of benzene rings is 1. The van der Waals surface area contributed by atoms with Crippen molar-refractivity contribution in [2.24, 2.45) is 11.7 Å². The van der Waals surface area contributed by atoms with Crippen LogP contribution in [0.5, 0.6) is 5.75 Å². The highest BCUT2D eigenvalue weighted by Gasteiger charge is 2.38. The van der Waals surface area contributed by atoms with E-state index in [2.05, 4.69) is 10.1 Å². The number of nitrogens with one attached hydrogen (secondary N) is 1. The van der Waals surface area contributed by atoms with Gasteiger partial charge in [0.2, 0.25) is 5.91 Å². The molecular formula is C17H24F2N2O2. The predicted molar refractivity (Wildman–Crippen MR) is 84.2 cm³/mol. The number of nitrogens with two attached hydrogens (primary N) is 1. The van der Waals surface area contributed by atoms with E-state index in [0.717, 1.165) is 25.7 Å². The Hall–Kier alpha value is -1.69. The third-order valence-electron chi connectivity index (χ3n) is 4.53. The lowest BCUT2D eigenvalue weighted by Gasteiger charge is -2.37. The molecule has 0 aliphatic heterocycles. The first-order valence-electron chi connectivity index (χ1n) is 7.94. The number of para-hydroxylation sites is 1. The smallest absolute Gasteiger partial charge is 0.387 e. The fourth-order valence-electron chi connectivity index (χ4n) is 3.22. The second-order valence-corrected chi connectivity index (χ2v) is 6.45. The highest BCUT2D eigenvalue weighted by atomic mass is 19.3. The monoisotopic (exact) mass is 326 g/mol. The van der Waals surface area contributed by atoms with E-state index in [4.69, 9.17) is 5.73 Å². The van der Waals surface area contributed by atoms with Crippen LogP contribution < -0.4 is 15.8 Å². The molecule has 3 unspecified atom stereocenters. The van der Waals surface area contributed by atoms with Gasteiger partial charge in [0, 0.05) is 11.1 Å². The summed E-state index contributed by atoms with van der Waals surface area (Å²) < 4.78 is 29.5. The van der Waals surface area contributed by atoms with Gasteiger partial charge >= 0.3 is 6.61 Å². The molecule has 6 heteroatoms. The van der Waals surface area contributed by atoms with Crippen molar-refractivity contribution in [1.29, 1.82) is 0 Å². The highest BCUT2D eigenvalue weighted by Crippen LogP contribution is 2.33. The van der Waals surface area contributed by atoms with E-state index in [0.29, 0.717) is 5.56 Å². The Bertz CT molecular complexity index is 549. The minimum absolute atomic E-state index is 0.0782. The molecule has 1 fully saturated rings. The van der Waals surface area contributed by atoms with Gasteiger partial charge in [0.1, 0.15) is 5.75 Å². The number of alkyl halides is 2. The number of hydrogen-bond acceptors (Lipinski definition) is 3. The first-order valence-corrected chi connectivity index (χ1v) is 7.94. The van der Waals surface area contributed by atoms with Crippen LogP contribution in [0.3, 0.4) is 0 Å². The van der Waals surface area contributed by atoms with Crippen LogP contribution in [0.1, 0.15) is 51.1 Å². The summed E-state index contributed by atoms with van der Waals surface area (Å²) in [4.78, 5) is 12.6. The van der Waals surface area contributed by atoms with Crippen molar-refractivity contribution in [2.75, 3.05) is 0 Å². The van der Waals surface area contributed by atoms with Crippen molar-refractivity contribution < 1.29 is 18.3 Å². The third-order valence-corrected chi connectivity index (χ3v) is 4.53. The number of carbonyl (C=O) groups is 1. The van der Waals surface area contributed by atoms with Crippen molar-refractivity contribution in [1.82, 2.24) is 5.32 Å². The SMILES string of the molecule is CC(NC(=O)C1CCCCC1(C)N)c1ccccc1OC(F)F. The zero-order valence-electron chi connectivity index (χ0n) is 13.5. The van der Waals surface area contributed by atoms with Gasteiger partial charge in [0.05, 0.1) is 12.0 Å². The summed E-state index contributed by atoms with van der Waals surface area (Å²) >= 11 is 0. The van der Waals surface area contributed by atoms with E-state index in [-0.39, 0.29) is 17.6 Å². The minimum Gasteiger partial charge on any atom is -0.434 e. The topological polar surface area (TPSA) is 64.4 Å². The first kappa shape index (κ1) is 17.7. The Balaban J connectivity index is 2.09. The average molecular weight is 326 g/mol. The molecule has 1 aliphatic carbocycles. The van der Waals surface area contributed by atoms with E-state index >= 15 is 0 Å². The van der Waals surface area contributed by atoms with Gasteiger partial charge in [-0.25, -0.2) is 0 Å². The number of ether oxygens (including phenoxy) is 1. The fourth-order valence-corrected chi connectivity index (χ4v) is 3.22. The molecule has 0 bridgehead atoms. The molecule has 128 valence electrons. The maximum atomic E-state index is 12.6. The summed E-state index contributed by atoms with van der Waals surface area (Å²) in [6.07, 6.45) is 3.56. The van der Waals surface area contributed by atoms with Crippen LogP contribution in [0.25, 0.3) is 0 Å². The Morgan fingerprint density at radius 2 is 2.09 bits per heavy atom. The summed E-state index contributed by atoms with van der Waals surface area (Å²) in [6.45, 7) is 0.752. The molecule has 0 spiro atoms. The molecular weight excluding hydrogens is 302 g/mol. The van der Waals surface area contributed by atoms with Crippen molar-refractivity contribution in [2.45, 2.75) is 57.7 Å². The predicted octanol–water partition coefficient (Wildman–Crippen LogP) is 3.37. The van der Waals surface area contributed by atoms with E-state index < -0.39 is 18.2 Å². The van der Waals surface area contributed by atoms with Crippen molar-refractivity contribution in [3.63, 3.8) is 0 Å². The Morgan fingerprint density at radius 1 is 1.39 bits per heavy atom. The van der Waals surface area contributed by atoms with Crippen molar-refractivity contribution >= 4 is 5.91 Å².